The summed E-state index contributed by atoms with van der Waals surface area (Å²) in [5.74, 6) is -0.608. The molecule has 112 valence electrons. The van der Waals surface area contributed by atoms with Crippen molar-refractivity contribution in [1.82, 2.24) is 5.32 Å². The molecule has 0 bridgehead atoms. The molecule has 0 aliphatic heterocycles. The van der Waals surface area contributed by atoms with Gasteiger partial charge in [0, 0.05) is 12.8 Å². The molecule has 1 aromatic carbocycles. The normalized spacial score (nSPS) is 13.8. The van der Waals surface area contributed by atoms with Crippen LogP contribution < -0.4 is 10.5 Å². The number of nitrogens with two attached hydrogens (primary N) is 1. The van der Waals surface area contributed by atoms with Crippen LogP contribution in [0.25, 0.3) is 0 Å². The first-order chi connectivity index (χ1) is 9.01. The fourth-order valence-electron chi connectivity index (χ4n) is 1.32. The number of rotatable bonds is 5. The second kappa shape index (κ2) is 5.90. The Morgan fingerprint density at radius 2 is 1.70 bits per heavy atom. The highest BCUT2D eigenvalue weighted by atomic mass is 32.2. The lowest BCUT2D eigenvalue weighted by Crippen LogP contribution is -2.37. The summed E-state index contributed by atoms with van der Waals surface area (Å²) in [6.45, 7) is 1.40. The Kier molecular flexibility index (Phi) is 4.90. The Bertz CT molecular complexity index is 693. The quantitative estimate of drug-likeness (QED) is 0.748. The lowest BCUT2D eigenvalue weighted by atomic mass is 10.2. The lowest BCUT2D eigenvalue weighted by molar-refractivity contribution is -0.120. The first kappa shape index (κ1) is 16.6. The van der Waals surface area contributed by atoms with Gasteiger partial charge in [0.25, 0.3) is 0 Å². The molecule has 0 heterocycles. The lowest BCUT2D eigenvalue weighted by Gasteiger charge is -2.10. The van der Waals surface area contributed by atoms with Crippen molar-refractivity contribution < 1.29 is 21.6 Å². The zero-order valence-corrected chi connectivity index (χ0v) is 12.7. The summed E-state index contributed by atoms with van der Waals surface area (Å²) < 4.78 is 44.5. The van der Waals surface area contributed by atoms with E-state index < -0.39 is 31.0 Å². The Hall–Kier alpha value is -1.45. The van der Waals surface area contributed by atoms with E-state index in [4.69, 9.17) is 5.14 Å². The minimum atomic E-state index is -3.75. The van der Waals surface area contributed by atoms with Gasteiger partial charge in [0.15, 0.2) is 9.84 Å². The van der Waals surface area contributed by atoms with Gasteiger partial charge >= 0.3 is 0 Å². The van der Waals surface area contributed by atoms with Crippen molar-refractivity contribution >= 4 is 25.8 Å². The zero-order valence-electron chi connectivity index (χ0n) is 11.0. The minimum absolute atomic E-state index is 0.0305. The van der Waals surface area contributed by atoms with E-state index in [1.807, 2.05) is 0 Å². The van der Waals surface area contributed by atoms with Crippen molar-refractivity contribution in [3.8, 4) is 0 Å². The fourth-order valence-corrected chi connectivity index (χ4v) is 2.31. The second-order valence-corrected chi connectivity index (χ2v) is 8.31. The van der Waals surface area contributed by atoms with Crippen molar-refractivity contribution in [3.63, 3.8) is 0 Å². The van der Waals surface area contributed by atoms with E-state index in [2.05, 4.69) is 5.32 Å². The molecular weight excluding hydrogens is 304 g/mol. The van der Waals surface area contributed by atoms with E-state index in [9.17, 15) is 21.6 Å². The summed E-state index contributed by atoms with van der Waals surface area (Å²) in [6, 6.07) is 5.61. The third-order valence-electron chi connectivity index (χ3n) is 2.73. The number of sulfonamides is 1. The predicted molar refractivity (Wildman–Crippen MR) is 74.0 cm³/mol. The first-order valence-corrected chi connectivity index (χ1v) is 9.10. The van der Waals surface area contributed by atoms with Gasteiger partial charge < -0.3 is 5.32 Å². The molecule has 0 saturated heterocycles. The monoisotopic (exact) mass is 320 g/mol. The summed E-state index contributed by atoms with van der Waals surface area (Å²) in [6.07, 6.45) is 0.984. The van der Waals surface area contributed by atoms with Crippen LogP contribution >= 0.6 is 0 Å². The van der Waals surface area contributed by atoms with Crippen LogP contribution in [0.2, 0.25) is 0 Å². The summed E-state index contributed by atoms with van der Waals surface area (Å²) in [4.78, 5) is 11.6. The molecule has 0 radical (unpaired) electrons. The van der Waals surface area contributed by atoms with Crippen molar-refractivity contribution in [2.45, 2.75) is 23.6 Å². The molecule has 7 nitrogen and oxygen atoms in total. The molecule has 1 amide bonds. The zero-order chi connectivity index (χ0) is 15.6. The van der Waals surface area contributed by atoms with Crippen LogP contribution in [0, 0.1) is 0 Å². The molecule has 0 fully saturated rings. The van der Waals surface area contributed by atoms with Crippen LogP contribution in [0.4, 0.5) is 0 Å². The smallest absolute Gasteiger partial charge is 0.238 e. The van der Waals surface area contributed by atoms with Gasteiger partial charge in [-0.3, -0.25) is 4.79 Å². The van der Waals surface area contributed by atoms with Crippen molar-refractivity contribution in [3.05, 3.63) is 29.8 Å². The molecule has 3 N–H and O–H groups in total. The van der Waals surface area contributed by atoms with Crippen molar-refractivity contribution in [1.29, 1.82) is 0 Å². The molecule has 0 aliphatic rings. The molecule has 0 aromatic heterocycles. The van der Waals surface area contributed by atoms with E-state index in [1.54, 1.807) is 0 Å². The number of amides is 1. The van der Waals surface area contributed by atoms with Crippen LogP contribution in [0.1, 0.15) is 12.5 Å². The van der Waals surface area contributed by atoms with Crippen LogP contribution in [0.15, 0.2) is 29.2 Å². The molecule has 0 saturated carbocycles. The van der Waals surface area contributed by atoms with Gasteiger partial charge in [0.2, 0.25) is 15.9 Å². The number of carbonyl (C=O) groups excluding carboxylic acids is 1. The Morgan fingerprint density at radius 3 is 2.10 bits per heavy atom. The maximum absolute atomic E-state index is 11.6. The van der Waals surface area contributed by atoms with Crippen molar-refractivity contribution in [2.75, 3.05) is 6.26 Å². The highest BCUT2D eigenvalue weighted by Gasteiger charge is 2.22. The summed E-state index contributed by atoms with van der Waals surface area (Å²) in [5, 5.41) is 6.28. The van der Waals surface area contributed by atoms with Gasteiger partial charge in [-0.1, -0.05) is 12.1 Å². The molecule has 1 rings (SSSR count). The number of hydrogen-bond acceptors (Lipinski definition) is 5. The maximum Gasteiger partial charge on any atom is 0.238 e. The highest BCUT2D eigenvalue weighted by molar-refractivity contribution is 7.92. The Labute approximate surface area is 118 Å². The van der Waals surface area contributed by atoms with E-state index >= 15 is 0 Å². The molecule has 0 aliphatic carbocycles. The summed E-state index contributed by atoms with van der Waals surface area (Å²) in [7, 11) is -7.19. The van der Waals surface area contributed by atoms with Crippen molar-refractivity contribution in [2.24, 2.45) is 5.14 Å². The second-order valence-electron chi connectivity index (χ2n) is 4.38. The number of sulfone groups is 1. The van der Waals surface area contributed by atoms with Gasteiger partial charge in [-0.05, 0) is 24.6 Å². The van der Waals surface area contributed by atoms with Crippen LogP contribution in [0.5, 0.6) is 0 Å². The minimum Gasteiger partial charge on any atom is -0.351 e. The summed E-state index contributed by atoms with van der Waals surface area (Å²) in [5.41, 5.74) is 0.631. The SMILES string of the molecule is CC(C(=O)NCc1ccc(S(N)(=O)=O)cc1)S(C)(=O)=O. The first-order valence-electron chi connectivity index (χ1n) is 5.60. The van der Waals surface area contributed by atoms with E-state index in [1.165, 1.54) is 31.2 Å². The highest BCUT2D eigenvalue weighted by Crippen LogP contribution is 2.08. The third-order valence-corrected chi connectivity index (χ3v) is 5.16. The van der Waals surface area contributed by atoms with Gasteiger partial charge in [-0.2, -0.15) is 0 Å². The van der Waals surface area contributed by atoms with Gasteiger partial charge in [-0.15, -0.1) is 0 Å². The topological polar surface area (TPSA) is 123 Å². The molecule has 9 heteroatoms. The Morgan fingerprint density at radius 1 is 1.20 bits per heavy atom. The predicted octanol–water partition coefficient (Wildman–Crippen LogP) is -0.617. The van der Waals surface area contributed by atoms with Crippen LogP contribution in [-0.4, -0.2) is 34.2 Å². The van der Waals surface area contributed by atoms with E-state index in [0.29, 0.717) is 5.56 Å². The Balaban J connectivity index is 2.70. The molecule has 1 aromatic rings. The van der Waals surface area contributed by atoms with Gasteiger partial charge in [0.05, 0.1) is 4.90 Å². The van der Waals surface area contributed by atoms with Gasteiger partial charge in [0.1, 0.15) is 5.25 Å². The van der Waals surface area contributed by atoms with Crippen LogP contribution in [-0.2, 0) is 31.2 Å². The molecule has 1 atom stereocenters. The third kappa shape index (κ3) is 4.58. The average Bonchev–Trinajstić information content (AvgIpc) is 2.33. The standard InChI is InChI=1S/C11H16N2O5S2/c1-8(19(2,15)16)11(14)13-7-9-3-5-10(6-4-9)20(12,17)18/h3-6,8H,7H2,1-2H3,(H,13,14)(H2,12,17,18). The number of nitrogens with one attached hydrogen (secondary N) is 1. The molecule has 0 spiro atoms. The summed E-state index contributed by atoms with van der Waals surface area (Å²) >= 11 is 0. The van der Waals surface area contributed by atoms with Crippen LogP contribution in [0.3, 0.4) is 0 Å². The molecule has 1 unspecified atom stereocenters. The molecule has 20 heavy (non-hydrogen) atoms. The van der Waals surface area contributed by atoms with E-state index in [-0.39, 0.29) is 11.4 Å². The number of carbonyl (C=O) groups is 1. The van der Waals surface area contributed by atoms with Gasteiger partial charge in [-0.25, -0.2) is 22.0 Å². The number of hydrogen-bond donors (Lipinski definition) is 2. The number of benzene rings is 1. The maximum atomic E-state index is 11.6. The fraction of sp³-hybridized carbons (Fsp3) is 0.364. The average molecular weight is 320 g/mol. The molecular formula is C11H16N2O5S2. The number of primary sulfonamides is 1. The van der Waals surface area contributed by atoms with E-state index in [0.717, 1.165) is 6.26 Å². The largest absolute Gasteiger partial charge is 0.351 e.